The van der Waals surface area contributed by atoms with Gasteiger partial charge in [-0.15, -0.1) is 0 Å². The Morgan fingerprint density at radius 1 is 0.839 bits per heavy atom. The summed E-state index contributed by atoms with van der Waals surface area (Å²) >= 11 is 0. The maximum Gasteiger partial charge on any atom is 0.181 e. The van der Waals surface area contributed by atoms with Gasteiger partial charge in [0.15, 0.2) is 11.5 Å². The van der Waals surface area contributed by atoms with Gasteiger partial charge in [-0.05, 0) is 18.2 Å². The van der Waals surface area contributed by atoms with Crippen molar-refractivity contribution >= 4 is 22.1 Å². The fraction of sp³-hybridized carbons (Fsp3) is 0. The third kappa shape index (κ3) is 2.71. The van der Waals surface area contributed by atoms with E-state index in [0.29, 0.717) is 22.7 Å². The topological polar surface area (TPSA) is 124 Å². The van der Waals surface area contributed by atoms with Crippen molar-refractivity contribution in [3.05, 3.63) is 73.7 Å². The van der Waals surface area contributed by atoms with Gasteiger partial charge in [0.25, 0.3) is 0 Å². The first-order valence-corrected chi connectivity index (χ1v) is 9.56. The lowest BCUT2D eigenvalue weighted by Gasteiger charge is -2.03. The summed E-state index contributed by atoms with van der Waals surface area (Å²) in [5.41, 5.74) is 6.38. The molecule has 0 spiro atoms. The van der Waals surface area contributed by atoms with E-state index in [2.05, 4.69) is 30.1 Å². The summed E-state index contributed by atoms with van der Waals surface area (Å²) in [6.07, 6.45) is 12.3. The molecule has 0 aromatic carbocycles. The van der Waals surface area contributed by atoms with E-state index in [1.54, 1.807) is 43.4 Å². The number of nitrogens with two attached hydrogens (primary N) is 1. The molecule has 0 bridgehead atoms. The van der Waals surface area contributed by atoms with Crippen molar-refractivity contribution < 1.29 is 0 Å². The molecule has 9 nitrogen and oxygen atoms in total. The minimum Gasteiger partial charge on any atom is -0.337 e. The second kappa shape index (κ2) is 6.70. The summed E-state index contributed by atoms with van der Waals surface area (Å²) < 4.78 is 1.52. The van der Waals surface area contributed by atoms with Gasteiger partial charge in [-0.25, -0.2) is 14.6 Å². The molecule has 6 rings (SSSR count). The number of hydrogen-bond acceptors (Lipinski definition) is 7. The molecule has 0 saturated carbocycles. The van der Waals surface area contributed by atoms with Crippen LogP contribution < -0.4 is 5.84 Å². The smallest absolute Gasteiger partial charge is 0.181 e. The van der Waals surface area contributed by atoms with Gasteiger partial charge < -0.3 is 5.84 Å². The first-order valence-electron chi connectivity index (χ1n) is 9.56. The number of imidazole rings is 1. The molecule has 9 heteroatoms. The predicted molar refractivity (Wildman–Crippen MR) is 117 cm³/mol. The Hall–Kier alpha value is -4.66. The molecule has 0 aliphatic heterocycles. The van der Waals surface area contributed by atoms with Crippen LogP contribution in [0.1, 0.15) is 0 Å². The first kappa shape index (κ1) is 17.2. The van der Waals surface area contributed by atoms with Gasteiger partial charge in [-0.2, -0.15) is 5.10 Å². The number of nitrogen functional groups attached to an aromatic ring is 1. The lowest BCUT2D eigenvalue weighted by atomic mass is 10.1. The SMILES string of the molecule is Nn1c(-c2[nH]nc3ncc(-c4cccnc4)cc23)nc2c(-c3cccnc3)cncc21. The fourth-order valence-corrected chi connectivity index (χ4v) is 3.68. The van der Waals surface area contributed by atoms with Crippen LogP contribution in [0.15, 0.2) is 73.7 Å². The normalized spacial score (nSPS) is 11.4. The molecule has 31 heavy (non-hydrogen) atoms. The van der Waals surface area contributed by atoms with Crippen molar-refractivity contribution in [1.29, 1.82) is 0 Å². The maximum atomic E-state index is 6.44. The minimum absolute atomic E-state index is 0.542. The summed E-state index contributed by atoms with van der Waals surface area (Å²) in [4.78, 5) is 22.1. The predicted octanol–water partition coefficient (Wildman–Crippen LogP) is 3.21. The van der Waals surface area contributed by atoms with Gasteiger partial charge in [-0.1, -0.05) is 12.1 Å². The summed E-state index contributed by atoms with van der Waals surface area (Å²) in [6.45, 7) is 0. The molecular weight excluding hydrogens is 390 g/mol. The van der Waals surface area contributed by atoms with Gasteiger partial charge in [0.2, 0.25) is 0 Å². The van der Waals surface area contributed by atoms with E-state index in [9.17, 15) is 0 Å². The Morgan fingerprint density at radius 3 is 2.42 bits per heavy atom. The molecule has 3 N–H and O–H groups in total. The van der Waals surface area contributed by atoms with Crippen LogP contribution in [-0.4, -0.2) is 39.8 Å². The second-order valence-electron chi connectivity index (χ2n) is 7.04. The number of aromatic amines is 1. The molecule has 6 aromatic heterocycles. The number of fused-ring (bicyclic) bond motifs is 2. The van der Waals surface area contributed by atoms with Crippen molar-refractivity contribution in [3.63, 3.8) is 0 Å². The highest BCUT2D eigenvalue weighted by molar-refractivity contribution is 5.97. The standard InChI is InChI=1S/C22H15N9/c23-31-18-12-26-11-17(14-4-2-6-25-9-14)19(18)28-22(31)20-16-7-15(10-27-21(16)30-29-20)13-3-1-5-24-8-13/h1-12H,23H2,(H,27,29,30). The number of rotatable bonds is 3. The molecule has 6 aromatic rings. The van der Waals surface area contributed by atoms with Gasteiger partial charge in [0.05, 0.1) is 11.6 Å². The lowest BCUT2D eigenvalue weighted by molar-refractivity contribution is 1.01. The van der Waals surface area contributed by atoms with E-state index in [1.165, 1.54) is 4.68 Å². The highest BCUT2D eigenvalue weighted by Gasteiger charge is 2.19. The number of hydrogen-bond donors (Lipinski definition) is 2. The van der Waals surface area contributed by atoms with Crippen molar-refractivity contribution in [2.75, 3.05) is 5.84 Å². The van der Waals surface area contributed by atoms with Crippen molar-refractivity contribution in [2.45, 2.75) is 0 Å². The molecule has 6 heterocycles. The average Bonchev–Trinajstić information content (AvgIpc) is 3.40. The average molecular weight is 405 g/mol. The van der Waals surface area contributed by atoms with Gasteiger partial charge >= 0.3 is 0 Å². The summed E-state index contributed by atoms with van der Waals surface area (Å²) in [5.74, 6) is 6.98. The highest BCUT2D eigenvalue weighted by Crippen LogP contribution is 2.32. The van der Waals surface area contributed by atoms with E-state index >= 15 is 0 Å². The van der Waals surface area contributed by atoms with Gasteiger partial charge in [0.1, 0.15) is 16.7 Å². The van der Waals surface area contributed by atoms with Gasteiger partial charge in [0, 0.05) is 59.4 Å². The van der Waals surface area contributed by atoms with Gasteiger partial charge in [-0.3, -0.25) is 20.1 Å². The zero-order chi connectivity index (χ0) is 20.8. The van der Waals surface area contributed by atoms with Crippen molar-refractivity contribution in [1.82, 2.24) is 39.8 Å². The maximum absolute atomic E-state index is 6.44. The van der Waals surface area contributed by atoms with Crippen LogP contribution in [0.2, 0.25) is 0 Å². The number of aromatic nitrogens is 8. The highest BCUT2D eigenvalue weighted by atomic mass is 15.3. The van der Waals surface area contributed by atoms with Crippen LogP contribution in [0, 0.1) is 0 Å². The van der Waals surface area contributed by atoms with Crippen LogP contribution in [0.25, 0.3) is 55.8 Å². The second-order valence-corrected chi connectivity index (χ2v) is 7.04. The third-order valence-corrected chi connectivity index (χ3v) is 5.20. The van der Waals surface area contributed by atoms with Crippen molar-refractivity contribution in [2.24, 2.45) is 0 Å². The van der Waals surface area contributed by atoms with E-state index < -0.39 is 0 Å². The monoisotopic (exact) mass is 405 g/mol. The first-order chi connectivity index (χ1) is 15.3. The Morgan fingerprint density at radius 2 is 1.65 bits per heavy atom. The fourth-order valence-electron chi connectivity index (χ4n) is 3.68. The largest absolute Gasteiger partial charge is 0.337 e. The van der Waals surface area contributed by atoms with E-state index in [0.717, 1.165) is 33.2 Å². The van der Waals surface area contributed by atoms with E-state index in [-0.39, 0.29) is 0 Å². The Kier molecular flexibility index (Phi) is 3.72. The third-order valence-electron chi connectivity index (χ3n) is 5.20. The Balaban J connectivity index is 1.56. The van der Waals surface area contributed by atoms with Crippen LogP contribution in [-0.2, 0) is 0 Å². The molecule has 0 aliphatic rings. The molecule has 0 aliphatic carbocycles. The zero-order valence-electron chi connectivity index (χ0n) is 16.1. The molecule has 0 amide bonds. The summed E-state index contributed by atoms with van der Waals surface area (Å²) in [6, 6.07) is 9.73. The molecule has 0 unspecified atom stereocenters. The molecular formula is C22H15N9. The Bertz CT molecular complexity index is 1540. The van der Waals surface area contributed by atoms with Crippen LogP contribution in [0.4, 0.5) is 0 Å². The van der Waals surface area contributed by atoms with Crippen LogP contribution in [0.3, 0.4) is 0 Å². The molecule has 0 saturated heterocycles. The summed E-state index contributed by atoms with van der Waals surface area (Å²) in [7, 11) is 0. The zero-order valence-corrected chi connectivity index (χ0v) is 16.1. The molecule has 0 fully saturated rings. The molecule has 148 valence electrons. The summed E-state index contributed by atoms with van der Waals surface area (Å²) in [5, 5.41) is 8.20. The number of nitrogens with one attached hydrogen (secondary N) is 1. The lowest BCUT2D eigenvalue weighted by Crippen LogP contribution is -2.10. The minimum atomic E-state index is 0.542. The number of nitrogens with zero attached hydrogens (tertiary/aromatic N) is 7. The quantitative estimate of drug-likeness (QED) is 0.433. The molecule has 0 atom stereocenters. The van der Waals surface area contributed by atoms with Crippen LogP contribution in [0.5, 0.6) is 0 Å². The number of H-pyrrole nitrogens is 1. The number of pyridine rings is 4. The van der Waals surface area contributed by atoms with Crippen LogP contribution >= 0.6 is 0 Å². The molecule has 0 radical (unpaired) electrons. The van der Waals surface area contributed by atoms with E-state index in [1.807, 2.05) is 30.3 Å². The Labute approximate surface area is 175 Å². The van der Waals surface area contributed by atoms with Crippen molar-refractivity contribution in [3.8, 4) is 33.8 Å². The van der Waals surface area contributed by atoms with E-state index in [4.69, 9.17) is 10.8 Å².